The van der Waals surface area contributed by atoms with Gasteiger partial charge in [0, 0.05) is 29.2 Å². The normalized spacial score (nSPS) is 10.3. The molecule has 106 valence electrons. The molecule has 0 aromatic carbocycles. The molecular weight excluding hydrogens is 256 g/mol. The standard InChI is InChI=1S/C15H18N2O3/c1-4-12-13(10-7-6-8-16-14(10)19-3)11(9-17-12)15(18)20-5-2/h6-9,17H,4-5H2,1-3H3. The van der Waals surface area contributed by atoms with Crippen LogP contribution in [0.25, 0.3) is 11.1 Å². The predicted molar refractivity (Wildman–Crippen MR) is 75.9 cm³/mol. The Morgan fingerprint density at radius 3 is 2.85 bits per heavy atom. The van der Waals surface area contributed by atoms with Gasteiger partial charge in [-0.1, -0.05) is 6.92 Å². The fourth-order valence-electron chi connectivity index (χ4n) is 2.17. The van der Waals surface area contributed by atoms with Crippen LogP contribution in [0.2, 0.25) is 0 Å². The number of esters is 1. The minimum atomic E-state index is -0.343. The number of nitrogens with zero attached hydrogens (tertiary/aromatic N) is 1. The summed E-state index contributed by atoms with van der Waals surface area (Å²) in [6.07, 6.45) is 4.11. The van der Waals surface area contributed by atoms with Gasteiger partial charge in [-0.25, -0.2) is 9.78 Å². The number of aryl methyl sites for hydroxylation is 1. The van der Waals surface area contributed by atoms with Crippen LogP contribution < -0.4 is 4.74 Å². The van der Waals surface area contributed by atoms with E-state index in [0.717, 1.165) is 23.2 Å². The van der Waals surface area contributed by atoms with Gasteiger partial charge in [0.25, 0.3) is 0 Å². The lowest BCUT2D eigenvalue weighted by molar-refractivity contribution is 0.0527. The Balaban J connectivity index is 2.59. The van der Waals surface area contributed by atoms with E-state index in [1.54, 1.807) is 26.4 Å². The smallest absolute Gasteiger partial charge is 0.340 e. The Kier molecular flexibility index (Phi) is 4.40. The van der Waals surface area contributed by atoms with Crippen molar-refractivity contribution >= 4 is 5.97 Å². The molecule has 0 fully saturated rings. The lowest BCUT2D eigenvalue weighted by Crippen LogP contribution is -2.05. The average Bonchev–Trinajstić information content (AvgIpc) is 2.91. The van der Waals surface area contributed by atoms with Gasteiger partial charge in [0.2, 0.25) is 5.88 Å². The number of rotatable bonds is 5. The van der Waals surface area contributed by atoms with Crippen molar-refractivity contribution < 1.29 is 14.3 Å². The molecule has 2 rings (SSSR count). The molecule has 0 saturated heterocycles. The summed E-state index contributed by atoms with van der Waals surface area (Å²) >= 11 is 0. The van der Waals surface area contributed by atoms with Crippen LogP contribution in [0.15, 0.2) is 24.5 Å². The SMILES string of the molecule is CCOC(=O)c1c[nH]c(CC)c1-c1cccnc1OC. The highest BCUT2D eigenvalue weighted by atomic mass is 16.5. The Labute approximate surface area is 117 Å². The molecule has 20 heavy (non-hydrogen) atoms. The van der Waals surface area contributed by atoms with E-state index in [0.29, 0.717) is 18.1 Å². The number of aromatic amines is 1. The number of aromatic nitrogens is 2. The highest BCUT2D eigenvalue weighted by Gasteiger charge is 2.21. The van der Waals surface area contributed by atoms with Crippen LogP contribution in [0.5, 0.6) is 5.88 Å². The van der Waals surface area contributed by atoms with Gasteiger partial charge in [-0.15, -0.1) is 0 Å². The third kappa shape index (κ3) is 2.52. The number of ether oxygens (including phenoxy) is 2. The van der Waals surface area contributed by atoms with E-state index in [1.165, 1.54) is 0 Å². The molecule has 2 aromatic heterocycles. The van der Waals surface area contributed by atoms with Gasteiger partial charge in [-0.3, -0.25) is 0 Å². The van der Waals surface area contributed by atoms with Crippen LogP contribution >= 0.6 is 0 Å². The number of carbonyl (C=O) groups is 1. The quantitative estimate of drug-likeness (QED) is 0.851. The molecule has 0 aliphatic rings. The third-order valence-electron chi connectivity index (χ3n) is 3.04. The molecule has 0 radical (unpaired) electrons. The molecule has 0 spiro atoms. The number of pyridine rings is 1. The van der Waals surface area contributed by atoms with Crippen LogP contribution in [0.4, 0.5) is 0 Å². The Morgan fingerprint density at radius 1 is 1.40 bits per heavy atom. The molecule has 5 heteroatoms. The van der Waals surface area contributed by atoms with Crippen molar-refractivity contribution in [2.24, 2.45) is 0 Å². The molecule has 1 N–H and O–H groups in total. The zero-order valence-electron chi connectivity index (χ0n) is 11.9. The van der Waals surface area contributed by atoms with Crippen LogP contribution in [-0.4, -0.2) is 29.7 Å². The Morgan fingerprint density at radius 2 is 2.20 bits per heavy atom. The van der Waals surface area contributed by atoms with E-state index in [-0.39, 0.29) is 5.97 Å². The number of hydrogen-bond donors (Lipinski definition) is 1. The maximum atomic E-state index is 12.1. The molecule has 2 heterocycles. The first kappa shape index (κ1) is 14.1. The number of carbonyl (C=O) groups excluding carboxylic acids is 1. The molecule has 5 nitrogen and oxygen atoms in total. The molecule has 0 amide bonds. The largest absolute Gasteiger partial charge is 0.481 e. The van der Waals surface area contributed by atoms with Crippen molar-refractivity contribution in [1.29, 1.82) is 0 Å². The van der Waals surface area contributed by atoms with Gasteiger partial charge < -0.3 is 14.5 Å². The van der Waals surface area contributed by atoms with E-state index >= 15 is 0 Å². The lowest BCUT2D eigenvalue weighted by Gasteiger charge is -2.10. The van der Waals surface area contributed by atoms with Crippen molar-refractivity contribution in [2.45, 2.75) is 20.3 Å². The fourth-order valence-corrected chi connectivity index (χ4v) is 2.17. The second-order valence-corrected chi connectivity index (χ2v) is 4.19. The molecular formula is C15H18N2O3. The monoisotopic (exact) mass is 274 g/mol. The fraction of sp³-hybridized carbons (Fsp3) is 0.333. The van der Waals surface area contributed by atoms with Gasteiger partial charge in [0.1, 0.15) is 0 Å². The van der Waals surface area contributed by atoms with E-state index in [2.05, 4.69) is 9.97 Å². The van der Waals surface area contributed by atoms with Gasteiger partial charge in [0.05, 0.1) is 19.3 Å². The van der Waals surface area contributed by atoms with Crippen LogP contribution in [0.3, 0.4) is 0 Å². The Hall–Kier alpha value is -2.30. The first-order valence-electron chi connectivity index (χ1n) is 6.59. The van der Waals surface area contributed by atoms with Crippen LogP contribution in [0.1, 0.15) is 29.9 Å². The molecule has 0 atom stereocenters. The lowest BCUT2D eigenvalue weighted by atomic mass is 10.0. The highest BCUT2D eigenvalue weighted by Crippen LogP contribution is 2.34. The van der Waals surface area contributed by atoms with Gasteiger partial charge in [-0.2, -0.15) is 0 Å². The number of hydrogen-bond acceptors (Lipinski definition) is 4. The van der Waals surface area contributed by atoms with E-state index in [9.17, 15) is 4.79 Å². The van der Waals surface area contributed by atoms with Crippen molar-refractivity contribution in [2.75, 3.05) is 13.7 Å². The van der Waals surface area contributed by atoms with Gasteiger partial charge in [-0.05, 0) is 25.5 Å². The zero-order valence-corrected chi connectivity index (χ0v) is 11.9. The molecule has 0 saturated carbocycles. The molecule has 0 unspecified atom stereocenters. The van der Waals surface area contributed by atoms with Gasteiger partial charge in [0.15, 0.2) is 0 Å². The van der Waals surface area contributed by atoms with E-state index < -0.39 is 0 Å². The molecule has 0 aliphatic heterocycles. The number of methoxy groups -OCH3 is 1. The van der Waals surface area contributed by atoms with E-state index in [4.69, 9.17) is 9.47 Å². The summed E-state index contributed by atoms with van der Waals surface area (Å²) in [7, 11) is 1.56. The molecule has 0 aliphatic carbocycles. The number of nitrogens with one attached hydrogen (secondary N) is 1. The first-order chi connectivity index (χ1) is 9.72. The Bertz CT molecular complexity index is 605. The second-order valence-electron chi connectivity index (χ2n) is 4.19. The summed E-state index contributed by atoms with van der Waals surface area (Å²) in [6.45, 7) is 4.15. The topological polar surface area (TPSA) is 64.2 Å². The molecule has 2 aromatic rings. The maximum Gasteiger partial charge on any atom is 0.340 e. The van der Waals surface area contributed by atoms with Gasteiger partial charge >= 0.3 is 5.97 Å². The zero-order chi connectivity index (χ0) is 14.5. The second kappa shape index (κ2) is 6.23. The summed E-state index contributed by atoms with van der Waals surface area (Å²) in [5.74, 6) is 0.150. The van der Waals surface area contributed by atoms with E-state index in [1.807, 2.05) is 19.1 Å². The summed E-state index contributed by atoms with van der Waals surface area (Å²) in [6, 6.07) is 3.70. The predicted octanol–water partition coefficient (Wildman–Crippen LogP) is 2.82. The molecule has 0 bridgehead atoms. The summed E-state index contributed by atoms with van der Waals surface area (Å²) < 4.78 is 10.4. The average molecular weight is 274 g/mol. The summed E-state index contributed by atoms with van der Waals surface area (Å²) in [4.78, 5) is 19.4. The minimum Gasteiger partial charge on any atom is -0.481 e. The highest BCUT2D eigenvalue weighted by molar-refractivity contribution is 5.98. The maximum absolute atomic E-state index is 12.1. The van der Waals surface area contributed by atoms with Crippen molar-refractivity contribution in [1.82, 2.24) is 9.97 Å². The van der Waals surface area contributed by atoms with Crippen molar-refractivity contribution in [3.8, 4) is 17.0 Å². The van der Waals surface area contributed by atoms with Crippen molar-refractivity contribution in [3.05, 3.63) is 35.8 Å². The number of H-pyrrole nitrogens is 1. The van der Waals surface area contributed by atoms with Crippen LogP contribution in [0, 0.1) is 0 Å². The minimum absolute atomic E-state index is 0.342. The first-order valence-corrected chi connectivity index (χ1v) is 6.59. The van der Waals surface area contributed by atoms with Crippen LogP contribution in [-0.2, 0) is 11.2 Å². The third-order valence-corrected chi connectivity index (χ3v) is 3.04. The summed E-state index contributed by atoms with van der Waals surface area (Å²) in [5, 5.41) is 0. The van der Waals surface area contributed by atoms with Crippen molar-refractivity contribution in [3.63, 3.8) is 0 Å². The summed E-state index contributed by atoms with van der Waals surface area (Å²) in [5.41, 5.74) is 3.06.